The fourth-order valence-electron chi connectivity index (χ4n) is 5.26. The number of aliphatic hydroxyl groups is 1. The molecule has 1 aromatic rings. The fourth-order valence-corrected chi connectivity index (χ4v) is 5.59. The minimum absolute atomic E-state index is 0.193. The zero-order valence-corrected chi connectivity index (χ0v) is 13.1. The van der Waals surface area contributed by atoms with Gasteiger partial charge in [-0.3, -0.25) is 0 Å². The van der Waals surface area contributed by atoms with E-state index in [2.05, 4.69) is 15.9 Å². The van der Waals surface area contributed by atoms with E-state index >= 15 is 0 Å². The summed E-state index contributed by atoms with van der Waals surface area (Å²) in [6.45, 7) is 0. The first-order valence-electron chi connectivity index (χ1n) is 7.71. The predicted octanol–water partition coefficient (Wildman–Crippen LogP) is 4.32. The quantitative estimate of drug-likeness (QED) is 0.851. The molecule has 0 saturated heterocycles. The molecular weight excluding hydrogens is 319 g/mol. The van der Waals surface area contributed by atoms with Crippen molar-refractivity contribution in [2.75, 3.05) is 0 Å². The highest BCUT2D eigenvalue weighted by atomic mass is 79.9. The lowest BCUT2D eigenvalue weighted by atomic mass is 9.49. The Morgan fingerprint density at radius 3 is 2.25 bits per heavy atom. The summed E-state index contributed by atoms with van der Waals surface area (Å²) >= 11 is 3.29. The van der Waals surface area contributed by atoms with E-state index in [9.17, 15) is 9.50 Å². The maximum absolute atomic E-state index is 14.1. The van der Waals surface area contributed by atoms with Crippen LogP contribution in [0, 0.1) is 29.5 Å². The maximum atomic E-state index is 14.1. The second-order valence-electron chi connectivity index (χ2n) is 7.21. The van der Waals surface area contributed by atoms with Crippen LogP contribution in [0.25, 0.3) is 0 Å². The van der Waals surface area contributed by atoms with Crippen LogP contribution in [0.1, 0.15) is 37.7 Å². The molecule has 108 valence electrons. The molecule has 0 aromatic heterocycles. The van der Waals surface area contributed by atoms with Gasteiger partial charge in [0.2, 0.25) is 0 Å². The van der Waals surface area contributed by atoms with Gasteiger partial charge in [0.1, 0.15) is 5.82 Å². The van der Waals surface area contributed by atoms with Crippen LogP contribution >= 0.6 is 15.9 Å². The Hall–Kier alpha value is -0.410. The second-order valence-corrected chi connectivity index (χ2v) is 8.12. The molecule has 4 aliphatic rings. The van der Waals surface area contributed by atoms with Gasteiger partial charge >= 0.3 is 0 Å². The first-order chi connectivity index (χ1) is 9.54. The van der Waals surface area contributed by atoms with Crippen molar-refractivity contribution in [3.63, 3.8) is 0 Å². The van der Waals surface area contributed by atoms with E-state index in [1.54, 1.807) is 0 Å². The minimum atomic E-state index is -0.665. The Morgan fingerprint density at radius 1 is 1.10 bits per heavy atom. The molecule has 4 bridgehead atoms. The normalized spacial score (nSPS) is 42.1. The molecule has 4 aliphatic carbocycles. The molecule has 0 amide bonds. The maximum Gasteiger partial charge on any atom is 0.127 e. The van der Waals surface area contributed by atoms with E-state index in [1.165, 1.54) is 12.5 Å². The van der Waals surface area contributed by atoms with Gasteiger partial charge in [0.25, 0.3) is 0 Å². The van der Waals surface area contributed by atoms with Crippen molar-refractivity contribution in [2.24, 2.45) is 23.7 Å². The summed E-state index contributed by atoms with van der Waals surface area (Å²) in [4.78, 5) is 0. The van der Waals surface area contributed by atoms with Gasteiger partial charge in [0.05, 0.1) is 5.60 Å². The summed E-state index contributed by atoms with van der Waals surface area (Å²) in [5.41, 5.74) is 0.00501. The third kappa shape index (κ3) is 1.97. The lowest BCUT2D eigenvalue weighted by molar-refractivity contribution is -0.172. The van der Waals surface area contributed by atoms with Crippen molar-refractivity contribution >= 4 is 15.9 Å². The van der Waals surface area contributed by atoms with Crippen molar-refractivity contribution in [2.45, 2.75) is 44.1 Å². The van der Waals surface area contributed by atoms with Gasteiger partial charge in [0.15, 0.2) is 0 Å². The molecule has 1 aromatic carbocycles. The summed E-state index contributed by atoms with van der Waals surface area (Å²) in [5.74, 6) is 2.24. The Bertz CT molecular complexity index is 514. The van der Waals surface area contributed by atoms with Crippen molar-refractivity contribution in [1.82, 2.24) is 0 Å². The SMILES string of the molecule is OC1(Cc2ccc(Br)cc2F)C2CC3CC(C2)CC1C3. The molecule has 4 fully saturated rings. The van der Waals surface area contributed by atoms with Gasteiger partial charge in [-0.05, 0) is 73.5 Å². The molecule has 5 rings (SSSR count). The zero-order valence-electron chi connectivity index (χ0n) is 11.5. The summed E-state index contributed by atoms with van der Waals surface area (Å²) in [6.07, 6.45) is 6.48. The molecule has 4 saturated carbocycles. The molecule has 1 N–H and O–H groups in total. The summed E-state index contributed by atoms with van der Waals surface area (Å²) in [5, 5.41) is 11.3. The van der Waals surface area contributed by atoms with Gasteiger partial charge in [-0.25, -0.2) is 4.39 Å². The van der Waals surface area contributed by atoms with Gasteiger partial charge in [-0.15, -0.1) is 0 Å². The number of hydrogen-bond donors (Lipinski definition) is 1. The minimum Gasteiger partial charge on any atom is -0.389 e. The number of rotatable bonds is 2. The van der Waals surface area contributed by atoms with Crippen molar-refractivity contribution < 1.29 is 9.50 Å². The Balaban J connectivity index is 1.64. The lowest BCUT2D eigenvalue weighted by Gasteiger charge is -2.59. The third-order valence-electron chi connectivity index (χ3n) is 6.04. The molecule has 0 aliphatic heterocycles. The highest BCUT2D eigenvalue weighted by Gasteiger charge is 2.56. The monoisotopic (exact) mass is 338 g/mol. The van der Waals surface area contributed by atoms with Crippen LogP contribution in [0.3, 0.4) is 0 Å². The Kier molecular flexibility index (Phi) is 3.01. The summed E-state index contributed by atoms with van der Waals surface area (Å²) in [6, 6.07) is 5.20. The highest BCUT2D eigenvalue weighted by Crippen LogP contribution is 2.59. The van der Waals surface area contributed by atoms with Gasteiger partial charge in [0, 0.05) is 10.9 Å². The topological polar surface area (TPSA) is 20.2 Å². The van der Waals surface area contributed by atoms with Crippen LogP contribution in [-0.4, -0.2) is 10.7 Å². The molecular formula is C17H20BrFO. The zero-order chi connectivity index (χ0) is 13.9. The van der Waals surface area contributed by atoms with Crippen LogP contribution in [0.15, 0.2) is 22.7 Å². The molecule has 0 heterocycles. The van der Waals surface area contributed by atoms with Crippen LogP contribution in [0.5, 0.6) is 0 Å². The van der Waals surface area contributed by atoms with Crippen molar-refractivity contribution in [3.05, 3.63) is 34.1 Å². The van der Waals surface area contributed by atoms with E-state index < -0.39 is 5.60 Å². The largest absolute Gasteiger partial charge is 0.389 e. The number of hydrogen-bond acceptors (Lipinski definition) is 1. The molecule has 0 radical (unpaired) electrons. The van der Waals surface area contributed by atoms with Crippen LogP contribution in [0.4, 0.5) is 4.39 Å². The molecule has 3 heteroatoms. The van der Waals surface area contributed by atoms with Crippen molar-refractivity contribution in [1.29, 1.82) is 0 Å². The molecule has 0 unspecified atom stereocenters. The molecule has 0 spiro atoms. The first kappa shape index (κ1) is 13.3. The van der Waals surface area contributed by atoms with E-state index in [0.717, 1.165) is 42.0 Å². The molecule has 0 atom stereocenters. The summed E-state index contributed by atoms with van der Waals surface area (Å²) < 4.78 is 14.9. The lowest BCUT2D eigenvalue weighted by Crippen LogP contribution is -2.58. The third-order valence-corrected chi connectivity index (χ3v) is 6.53. The van der Waals surface area contributed by atoms with E-state index in [1.807, 2.05) is 12.1 Å². The van der Waals surface area contributed by atoms with Crippen LogP contribution in [-0.2, 0) is 6.42 Å². The van der Waals surface area contributed by atoms with Gasteiger partial charge in [-0.2, -0.15) is 0 Å². The van der Waals surface area contributed by atoms with Crippen molar-refractivity contribution in [3.8, 4) is 0 Å². The smallest absolute Gasteiger partial charge is 0.127 e. The van der Waals surface area contributed by atoms with E-state index in [-0.39, 0.29) is 5.82 Å². The predicted molar refractivity (Wildman–Crippen MR) is 79.8 cm³/mol. The van der Waals surface area contributed by atoms with E-state index in [4.69, 9.17) is 0 Å². The standard InChI is InChI=1S/C17H20BrFO/c18-15-2-1-12(16(19)8-15)9-17(20)13-4-10-3-11(6-13)7-14(17)5-10/h1-2,8,10-11,13-14,20H,3-7,9H2. The van der Waals surface area contributed by atoms with Gasteiger partial charge in [-0.1, -0.05) is 22.0 Å². The first-order valence-corrected chi connectivity index (χ1v) is 8.50. The van der Waals surface area contributed by atoms with Crippen LogP contribution in [0.2, 0.25) is 0 Å². The average Bonchev–Trinajstić information content (AvgIpc) is 2.39. The second kappa shape index (κ2) is 4.54. The molecule has 20 heavy (non-hydrogen) atoms. The molecule has 1 nitrogen and oxygen atoms in total. The van der Waals surface area contributed by atoms with E-state index in [0.29, 0.717) is 23.8 Å². The number of halogens is 2. The van der Waals surface area contributed by atoms with Gasteiger partial charge < -0.3 is 5.11 Å². The Morgan fingerprint density at radius 2 is 1.70 bits per heavy atom. The average molecular weight is 339 g/mol. The number of benzene rings is 1. The van der Waals surface area contributed by atoms with Crippen LogP contribution < -0.4 is 0 Å². The highest BCUT2D eigenvalue weighted by molar-refractivity contribution is 9.10. The summed E-state index contributed by atoms with van der Waals surface area (Å²) in [7, 11) is 0. The Labute approximate surface area is 127 Å². The fraction of sp³-hybridized carbons (Fsp3) is 0.647.